The van der Waals surface area contributed by atoms with E-state index >= 15 is 0 Å². The minimum atomic E-state index is 0.628. The van der Waals surface area contributed by atoms with Crippen LogP contribution in [0.5, 0.6) is 0 Å². The van der Waals surface area contributed by atoms with Crippen LogP contribution in [0.1, 0.15) is 44.6 Å². The van der Waals surface area contributed by atoms with Gasteiger partial charge in [0.05, 0.1) is 5.02 Å². The highest BCUT2D eigenvalue weighted by Crippen LogP contribution is 2.30. The van der Waals surface area contributed by atoms with Gasteiger partial charge in [-0.15, -0.1) is 0 Å². The Morgan fingerprint density at radius 2 is 2.25 bits per heavy atom. The van der Waals surface area contributed by atoms with Crippen LogP contribution in [-0.2, 0) is 0 Å². The molecule has 0 amide bonds. The lowest BCUT2D eigenvalue weighted by Crippen LogP contribution is -1.91. The van der Waals surface area contributed by atoms with Crippen molar-refractivity contribution in [2.75, 3.05) is 0 Å². The van der Waals surface area contributed by atoms with E-state index in [9.17, 15) is 0 Å². The molecular formula is C10H15ClS. The van der Waals surface area contributed by atoms with Crippen molar-refractivity contribution < 1.29 is 0 Å². The Bertz CT molecular complexity index is 229. The summed E-state index contributed by atoms with van der Waals surface area (Å²) in [6.07, 6.45) is 3.83. The predicted molar refractivity (Wildman–Crippen MR) is 57.3 cm³/mol. The monoisotopic (exact) mass is 202 g/mol. The van der Waals surface area contributed by atoms with Gasteiger partial charge in [-0.3, -0.25) is 0 Å². The van der Waals surface area contributed by atoms with E-state index in [4.69, 9.17) is 11.6 Å². The van der Waals surface area contributed by atoms with Crippen LogP contribution in [0, 0.1) is 0 Å². The summed E-state index contributed by atoms with van der Waals surface area (Å²) in [5.41, 5.74) is 1.33. The molecule has 1 atom stereocenters. The zero-order valence-electron chi connectivity index (χ0n) is 7.64. The van der Waals surface area contributed by atoms with Crippen molar-refractivity contribution in [3.63, 3.8) is 0 Å². The molecule has 0 N–H and O–H groups in total. The summed E-state index contributed by atoms with van der Waals surface area (Å²) in [6, 6.07) is 0. The molecule has 0 nitrogen and oxygen atoms in total. The molecule has 1 aromatic heterocycles. The third kappa shape index (κ3) is 2.49. The summed E-state index contributed by atoms with van der Waals surface area (Å²) >= 11 is 7.72. The molecule has 0 aromatic carbocycles. The summed E-state index contributed by atoms with van der Waals surface area (Å²) in [5, 5.41) is 5.13. The van der Waals surface area contributed by atoms with E-state index in [2.05, 4.69) is 19.2 Å². The molecule has 0 bridgehead atoms. The lowest BCUT2D eigenvalue weighted by molar-refractivity contribution is 0.626. The van der Waals surface area contributed by atoms with Crippen molar-refractivity contribution in [2.45, 2.75) is 39.0 Å². The van der Waals surface area contributed by atoms with Crippen molar-refractivity contribution in [3.05, 3.63) is 21.3 Å². The van der Waals surface area contributed by atoms with E-state index in [1.54, 1.807) is 11.3 Å². The smallest absolute Gasteiger partial charge is 0.0547 e. The summed E-state index contributed by atoms with van der Waals surface area (Å²) in [7, 11) is 0. The number of halogens is 1. The van der Waals surface area contributed by atoms with Gasteiger partial charge in [0.15, 0.2) is 0 Å². The van der Waals surface area contributed by atoms with Gasteiger partial charge in [-0.1, -0.05) is 38.3 Å². The Hall–Kier alpha value is -0.0100. The maximum atomic E-state index is 6.02. The number of hydrogen-bond acceptors (Lipinski definition) is 1. The first-order valence-corrected chi connectivity index (χ1v) is 5.79. The van der Waals surface area contributed by atoms with Gasteiger partial charge in [0.1, 0.15) is 0 Å². The second-order valence-electron chi connectivity index (χ2n) is 3.22. The molecule has 1 heterocycles. The molecule has 0 saturated heterocycles. The van der Waals surface area contributed by atoms with E-state index in [1.165, 1.54) is 24.8 Å². The van der Waals surface area contributed by atoms with Crippen LogP contribution in [0.2, 0.25) is 5.02 Å². The summed E-state index contributed by atoms with van der Waals surface area (Å²) in [6.45, 7) is 4.48. The fourth-order valence-corrected chi connectivity index (χ4v) is 2.60. The highest BCUT2D eigenvalue weighted by Gasteiger charge is 2.09. The van der Waals surface area contributed by atoms with Gasteiger partial charge in [0.25, 0.3) is 0 Å². The molecule has 1 unspecified atom stereocenters. The molecule has 0 fully saturated rings. The van der Waals surface area contributed by atoms with Crippen LogP contribution in [0.25, 0.3) is 0 Å². The van der Waals surface area contributed by atoms with Gasteiger partial charge >= 0.3 is 0 Å². The number of hydrogen-bond donors (Lipinski definition) is 0. The molecule has 0 spiro atoms. The highest BCUT2D eigenvalue weighted by molar-refractivity contribution is 7.08. The summed E-state index contributed by atoms with van der Waals surface area (Å²) < 4.78 is 0. The first kappa shape index (κ1) is 10.1. The van der Waals surface area contributed by atoms with Crippen LogP contribution in [-0.4, -0.2) is 0 Å². The highest BCUT2D eigenvalue weighted by atomic mass is 35.5. The molecule has 2 heteroatoms. The summed E-state index contributed by atoms with van der Waals surface area (Å²) in [5.74, 6) is 0.628. The van der Waals surface area contributed by atoms with Gasteiger partial charge in [-0.2, -0.15) is 11.3 Å². The van der Waals surface area contributed by atoms with E-state index in [0.717, 1.165) is 5.02 Å². The standard InChI is InChI=1S/C10H15ClS/c1-3-4-5-8(2)9-6-12-7-10(9)11/h6-8H,3-5H2,1-2H3. The second-order valence-corrected chi connectivity index (χ2v) is 4.37. The Morgan fingerprint density at radius 3 is 2.75 bits per heavy atom. The first-order valence-electron chi connectivity index (χ1n) is 4.47. The van der Waals surface area contributed by atoms with E-state index in [-0.39, 0.29) is 0 Å². The van der Waals surface area contributed by atoms with Crippen LogP contribution < -0.4 is 0 Å². The van der Waals surface area contributed by atoms with Crippen molar-refractivity contribution in [3.8, 4) is 0 Å². The van der Waals surface area contributed by atoms with E-state index in [1.807, 2.05) is 5.38 Å². The SMILES string of the molecule is CCCCC(C)c1cscc1Cl. The molecule has 0 saturated carbocycles. The fourth-order valence-electron chi connectivity index (χ4n) is 1.31. The maximum Gasteiger partial charge on any atom is 0.0547 e. The van der Waals surface area contributed by atoms with Crippen LogP contribution in [0.4, 0.5) is 0 Å². The number of unbranched alkanes of at least 4 members (excludes halogenated alkanes) is 1. The van der Waals surface area contributed by atoms with Crippen molar-refractivity contribution in [1.82, 2.24) is 0 Å². The van der Waals surface area contributed by atoms with E-state index in [0.29, 0.717) is 5.92 Å². The van der Waals surface area contributed by atoms with Gasteiger partial charge in [0.2, 0.25) is 0 Å². The first-order chi connectivity index (χ1) is 5.75. The maximum absolute atomic E-state index is 6.02. The second kappa shape index (κ2) is 4.88. The number of thiophene rings is 1. The van der Waals surface area contributed by atoms with Crippen molar-refractivity contribution in [2.24, 2.45) is 0 Å². The van der Waals surface area contributed by atoms with Crippen LogP contribution in [0.3, 0.4) is 0 Å². The molecule has 0 radical (unpaired) electrons. The molecule has 1 aromatic rings. The van der Waals surface area contributed by atoms with Gasteiger partial charge < -0.3 is 0 Å². The Kier molecular flexibility index (Phi) is 4.10. The third-order valence-corrected chi connectivity index (χ3v) is 3.38. The lowest BCUT2D eigenvalue weighted by atomic mass is 9.98. The average molecular weight is 203 g/mol. The Morgan fingerprint density at radius 1 is 1.50 bits per heavy atom. The topological polar surface area (TPSA) is 0 Å². The van der Waals surface area contributed by atoms with Gasteiger partial charge in [0, 0.05) is 5.38 Å². The van der Waals surface area contributed by atoms with E-state index < -0.39 is 0 Å². The minimum absolute atomic E-state index is 0.628. The molecule has 0 aliphatic heterocycles. The lowest BCUT2D eigenvalue weighted by Gasteiger charge is -2.08. The molecule has 0 aliphatic rings. The molecule has 1 rings (SSSR count). The number of rotatable bonds is 4. The van der Waals surface area contributed by atoms with Crippen molar-refractivity contribution in [1.29, 1.82) is 0 Å². The van der Waals surface area contributed by atoms with Crippen LogP contribution >= 0.6 is 22.9 Å². The molecule has 68 valence electrons. The van der Waals surface area contributed by atoms with Gasteiger partial charge in [-0.25, -0.2) is 0 Å². The normalized spacial score (nSPS) is 13.2. The predicted octanol–water partition coefficient (Wildman–Crippen LogP) is 4.70. The van der Waals surface area contributed by atoms with Gasteiger partial charge in [-0.05, 0) is 23.3 Å². The summed E-state index contributed by atoms with van der Waals surface area (Å²) in [4.78, 5) is 0. The molecule has 12 heavy (non-hydrogen) atoms. The van der Waals surface area contributed by atoms with Crippen LogP contribution in [0.15, 0.2) is 10.8 Å². The molecule has 0 aliphatic carbocycles. The largest absolute Gasteiger partial charge is 0.151 e. The minimum Gasteiger partial charge on any atom is -0.151 e. The molecular weight excluding hydrogens is 188 g/mol. The Balaban J connectivity index is 2.52. The average Bonchev–Trinajstić information content (AvgIpc) is 2.47. The third-order valence-electron chi connectivity index (χ3n) is 2.16. The quantitative estimate of drug-likeness (QED) is 0.664. The zero-order valence-corrected chi connectivity index (χ0v) is 9.21. The Labute approximate surface area is 83.6 Å². The fraction of sp³-hybridized carbons (Fsp3) is 0.600. The van der Waals surface area contributed by atoms with Crippen molar-refractivity contribution >= 4 is 22.9 Å². The zero-order chi connectivity index (χ0) is 8.97.